The van der Waals surface area contributed by atoms with Gasteiger partial charge in [-0.1, -0.05) is 0 Å². The molecule has 0 fully saturated rings. The highest BCUT2D eigenvalue weighted by Gasteiger charge is 2.05. The highest BCUT2D eigenvalue weighted by molar-refractivity contribution is 14.1. The van der Waals surface area contributed by atoms with Gasteiger partial charge in [-0.05, 0) is 22.6 Å². The van der Waals surface area contributed by atoms with Crippen molar-refractivity contribution in [2.75, 3.05) is 14.1 Å². The van der Waals surface area contributed by atoms with Crippen LogP contribution in [0.15, 0.2) is 18.2 Å². The molecule has 0 aromatic heterocycles. The zero-order valence-corrected chi connectivity index (χ0v) is 9.58. The molecule has 1 aromatic rings. The van der Waals surface area contributed by atoms with Crippen molar-refractivity contribution in [2.45, 2.75) is 0 Å². The van der Waals surface area contributed by atoms with Gasteiger partial charge in [0.1, 0.15) is 11.4 Å². The highest BCUT2D eigenvalue weighted by atomic mass is 127. The van der Waals surface area contributed by atoms with E-state index < -0.39 is 0 Å². The van der Waals surface area contributed by atoms with Crippen LogP contribution >= 0.6 is 22.6 Å². The fourth-order valence-electron chi connectivity index (χ4n) is 0.996. The molecule has 2 N–H and O–H groups in total. The van der Waals surface area contributed by atoms with Crippen molar-refractivity contribution >= 4 is 34.0 Å². The van der Waals surface area contributed by atoms with Crippen LogP contribution in [-0.4, -0.2) is 14.1 Å². The van der Waals surface area contributed by atoms with E-state index in [-0.39, 0.29) is 10.1 Å². The second-order valence-corrected chi connectivity index (χ2v) is 4.09. The summed E-state index contributed by atoms with van der Waals surface area (Å²) in [4.78, 5) is 0. The van der Waals surface area contributed by atoms with Crippen LogP contribution in [0, 0.1) is 14.0 Å². The molecule has 0 saturated carbocycles. The lowest BCUT2D eigenvalue weighted by Gasteiger charge is -2.20. The number of nitrogens with one attached hydrogen (secondary N) is 2. The van der Waals surface area contributed by atoms with E-state index in [0.717, 1.165) is 3.57 Å². The van der Waals surface area contributed by atoms with Crippen LogP contribution in [0.5, 0.6) is 0 Å². The van der Waals surface area contributed by atoms with Crippen LogP contribution in [0.25, 0.3) is 0 Å². The van der Waals surface area contributed by atoms with Crippen LogP contribution in [0.2, 0.25) is 0 Å². The maximum atomic E-state index is 11.1. The minimum Gasteiger partial charge on any atom is -0.629 e. The molecule has 1 rings (SSSR count). The fourth-order valence-corrected chi connectivity index (χ4v) is 1.67. The Morgan fingerprint density at radius 3 is 1.69 bits per heavy atom. The van der Waals surface area contributed by atoms with Gasteiger partial charge in [0.05, 0.1) is 20.2 Å². The maximum absolute atomic E-state index is 11.1. The predicted molar refractivity (Wildman–Crippen MR) is 59.0 cm³/mol. The predicted octanol–water partition coefficient (Wildman–Crippen LogP) is -0.421. The lowest BCUT2D eigenvalue weighted by Crippen LogP contribution is -3.00. The zero-order chi connectivity index (χ0) is 10.0. The van der Waals surface area contributed by atoms with Gasteiger partial charge in [0.2, 0.25) is 0 Å². The number of quaternary nitrogens is 2. The van der Waals surface area contributed by atoms with E-state index in [1.165, 1.54) is 14.1 Å². The largest absolute Gasteiger partial charge is 0.629 e. The Morgan fingerprint density at radius 1 is 1.00 bits per heavy atom. The minimum atomic E-state index is -0.0129. The third-order valence-corrected chi connectivity index (χ3v) is 2.33. The second-order valence-electron chi connectivity index (χ2n) is 2.84. The smallest absolute Gasteiger partial charge is 0.138 e. The van der Waals surface area contributed by atoms with Crippen molar-refractivity contribution in [3.8, 4) is 0 Å². The summed E-state index contributed by atoms with van der Waals surface area (Å²) in [6.45, 7) is 0. The number of hydrogen-bond donors (Lipinski definition) is 2. The van der Waals surface area contributed by atoms with Gasteiger partial charge >= 0.3 is 0 Å². The summed E-state index contributed by atoms with van der Waals surface area (Å²) < 4.78 is 0.913. The molecule has 0 spiro atoms. The first-order valence-electron chi connectivity index (χ1n) is 3.83. The Bertz CT molecular complexity index is 276. The van der Waals surface area contributed by atoms with E-state index in [1.54, 1.807) is 18.2 Å². The molecular weight excluding hydrogens is 283 g/mol. The molecule has 1 aromatic carbocycles. The van der Waals surface area contributed by atoms with Crippen molar-refractivity contribution in [3.05, 3.63) is 32.2 Å². The molecule has 0 saturated heterocycles. The average molecular weight is 294 g/mol. The summed E-state index contributed by atoms with van der Waals surface area (Å²) in [7, 11) is 2.99. The van der Waals surface area contributed by atoms with Crippen LogP contribution in [0.1, 0.15) is 0 Å². The van der Waals surface area contributed by atoms with Crippen molar-refractivity contribution in [1.82, 2.24) is 0 Å². The third-order valence-electron chi connectivity index (χ3n) is 1.71. The second kappa shape index (κ2) is 4.34. The summed E-state index contributed by atoms with van der Waals surface area (Å²) in [5, 5.41) is 22.1. The number of rotatable bonds is 2. The molecule has 72 valence electrons. The topological polar surface area (TPSA) is 55.0 Å². The molecule has 13 heavy (non-hydrogen) atoms. The van der Waals surface area contributed by atoms with Crippen LogP contribution in [0.3, 0.4) is 0 Å². The van der Waals surface area contributed by atoms with E-state index >= 15 is 0 Å². The van der Waals surface area contributed by atoms with E-state index in [9.17, 15) is 10.4 Å². The lowest BCUT2D eigenvalue weighted by atomic mass is 10.3. The minimum absolute atomic E-state index is 0.0129. The number of hydroxylamine groups is 2. The summed E-state index contributed by atoms with van der Waals surface area (Å²) in [5.74, 6) is 0. The number of hydrogen-bond acceptors (Lipinski definition) is 2. The first-order chi connectivity index (χ1) is 6.00. The Labute approximate surface area is 90.4 Å². The summed E-state index contributed by atoms with van der Waals surface area (Å²) in [5.41, 5.74) is 1.19. The number of halogens is 1. The number of benzene rings is 1. The average Bonchev–Trinajstić information content (AvgIpc) is 2.03. The van der Waals surface area contributed by atoms with Crippen molar-refractivity contribution in [1.29, 1.82) is 0 Å². The maximum Gasteiger partial charge on any atom is 0.138 e. The zero-order valence-electron chi connectivity index (χ0n) is 7.43. The molecule has 0 amide bonds. The molecule has 5 heteroatoms. The van der Waals surface area contributed by atoms with E-state index in [1.807, 2.05) is 0 Å². The van der Waals surface area contributed by atoms with Gasteiger partial charge < -0.3 is 20.5 Å². The van der Waals surface area contributed by atoms with Gasteiger partial charge in [0.15, 0.2) is 0 Å². The van der Waals surface area contributed by atoms with Gasteiger partial charge in [-0.3, -0.25) is 0 Å². The molecule has 2 unspecified atom stereocenters. The van der Waals surface area contributed by atoms with Crippen LogP contribution in [-0.2, 0) is 0 Å². The molecule has 0 aliphatic heterocycles. The molecule has 4 nitrogen and oxygen atoms in total. The highest BCUT2D eigenvalue weighted by Crippen LogP contribution is 2.14. The Balaban J connectivity index is 3.11. The molecule has 0 heterocycles. The standard InChI is InChI=1S/C8H11IN2O2/c1-10(12)7-3-6(9)4-8(5-7)11(2)13/h3-5,10-11H,1-2H3. The summed E-state index contributed by atoms with van der Waals surface area (Å²) >= 11 is 2.09. The fraction of sp³-hybridized carbons (Fsp3) is 0.250. The third kappa shape index (κ3) is 2.89. The molecule has 0 radical (unpaired) electrons. The van der Waals surface area contributed by atoms with Crippen LogP contribution < -0.4 is 10.1 Å². The Kier molecular flexibility index (Phi) is 3.63. The van der Waals surface area contributed by atoms with E-state index in [0.29, 0.717) is 11.4 Å². The SMILES string of the molecule is C[NH+]([O-])c1cc(I)cc([NH+](C)[O-])c1. The van der Waals surface area contributed by atoms with Crippen molar-refractivity contribution in [3.63, 3.8) is 0 Å². The van der Waals surface area contributed by atoms with Crippen molar-refractivity contribution in [2.24, 2.45) is 0 Å². The van der Waals surface area contributed by atoms with Crippen molar-refractivity contribution < 1.29 is 10.1 Å². The molecule has 0 aliphatic carbocycles. The molecule has 2 atom stereocenters. The molecular formula is C8H11IN2O2. The Morgan fingerprint density at radius 2 is 1.38 bits per heavy atom. The van der Waals surface area contributed by atoms with Gasteiger partial charge in [0, 0.05) is 15.7 Å². The normalized spacial score (nSPS) is 15.5. The van der Waals surface area contributed by atoms with E-state index in [4.69, 9.17) is 0 Å². The van der Waals surface area contributed by atoms with Gasteiger partial charge in [-0.2, -0.15) is 0 Å². The quantitative estimate of drug-likeness (QED) is 0.575. The summed E-state index contributed by atoms with van der Waals surface area (Å²) in [6, 6.07) is 5.18. The Hall–Kier alpha value is -0.210. The first-order valence-corrected chi connectivity index (χ1v) is 4.91. The first kappa shape index (κ1) is 10.9. The van der Waals surface area contributed by atoms with Gasteiger partial charge in [-0.25, -0.2) is 0 Å². The molecule has 0 bridgehead atoms. The van der Waals surface area contributed by atoms with Gasteiger partial charge in [-0.15, -0.1) is 0 Å². The molecule has 0 aliphatic rings. The summed E-state index contributed by atoms with van der Waals surface area (Å²) in [6.07, 6.45) is 0. The van der Waals surface area contributed by atoms with E-state index in [2.05, 4.69) is 22.6 Å². The van der Waals surface area contributed by atoms with Crippen LogP contribution in [0.4, 0.5) is 11.4 Å². The lowest BCUT2D eigenvalue weighted by molar-refractivity contribution is -0.758. The van der Waals surface area contributed by atoms with Gasteiger partial charge in [0.25, 0.3) is 0 Å². The monoisotopic (exact) mass is 294 g/mol.